The van der Waals surface area contributed by atoms with Gasteiger partial charge in [-0.2, -0.15) is 0 Å². The van der Waals surface area contributed by atoms with Crippen LogP contribution in [0.3, 0.4) is 0 Å². The SMILES string of the molecule is CCC(C)NC(=O)C(CC)N(Cc1cccc(OC)c1)C(=O)CN(c1cc(C)cc(C)c1)S(=O)(=O)c1ccc(OC)c(OC)c1. The first kappa shape index (κ1) is 35.2. The number of ether oxygens (including phenoxy) is 3. The Labute approximate surface area is 267 Å². The highest BCUT2D eigenvalue weighted by Crippen LogP contribution is 2.33. The fraction of sp³-hybridized carbons (Fsp3) is 0.412. The number of hydrogen-bond acceptors (Lipinski definition) is 7. The molecule has 0 radical (unpaired) electrons. The average Bonchev–Trinajstić information content (AvgIpc) is 3.02. The summed E-state index contributed by atoms with van der Waals surface area (Å²) in [5.74, 6) is 0.367. The van der Waals surface area contributed by atoms with Gasteiger partial charge in [-0.1, -0.05) is 32.0 Å². The Kier molecular flexibility index (Phi) is 12.3. The van der Waals surface area contributed by atoms with Gasteiger partial charge in [-0.3, -0.25) is 13.9 Å². The summed E-state index contributed by atoms with van der Waals surface area (Å²) >= 11 is 0. The molecule has 0 aliphatic carbocycles. The number of nitrogens with zero attached hydrogens (tertiary/aromatic N) is 2. The summed E-state index contributed by atoms with van der Waals surface area (Å²) in [5.41, 5.74) is 2.72. The van der Waals surface area contributed by atoms with Crippen LogP contribution in [0.25, 0.3) is 0 Å². The molecule has 0 aliphatic heterocycles. The number of carbonyl (C=O) groups excluding carboxylic acids is 2. The maximum atomic E-state index is 14.4. The van der Waals surface area contributed by atoms with Crippen LogP contribution in [0, 0.1) is 13.8 Å². The molecular weight excluding hydrogens is 594 g/mol. The van der Waals surface area contributed by atoms with E-state index in [4.69, 9.17) is 14.2 Å². The van der Waals surface area contributed by atoms with Crippen LogP contribution < -0.4 is 23.8 Å². The molecule has 2 amide bonds. The van der Waals surface area contributed by atoms with E-state index < -0.39 is 28.5 Å². The molecule has 3 aromatic carbocycles. The summed E-state index contributed by atoms with van der Waals surface area (Å²) < 4.78 is 45.8. The standard InChI is InChI=1S/C34H45N3O7S/c1-9-25(5)35-34(39)30(10-2)36(21-26-12-11-13-28(19-26)42-6)33(38)22-37(27-17-23(3)16-24(4)18-27)45(40,41)29-14-15-31(43-7)32(20-29)44-8/h11-20,25,30H,9-10,21-22H2,1-8H3,(H,35,39). The zero-order valence-corrected chi connectivity index (χ0v) is 28.2. The zero-order chi connectivity index (χ0) is 33.3. The maximum Gasteiger partial charge on any atom is 0.264 e. The highest BCUT2D eigenvalue weighted by atomic mass is 32.2. The van der Waals surface area contributed by atoms with Crippen LogP contribution in [-0.4, -0.2) is 65.1 Å². The predicted octanol–water partition coefficient (Wildman–Crippen LogP) is 5.25. The van der Waals surface area contributed by atoms with Crippen molar-refractivity contribution in [1.29, 1.82) is 0 Å². The summed E-state index contributed by atoms with van der Waals surface area (Å²) in [7, 11) is 0.135. The van der Waals surface area contributed by atoms with E-state index in [2.05, 4.69) is 5.32 Å². The molecule has 0 saturated carbocycles. The van der Waals surface area contributed by atoms with Crippen molar-refractivity contribution in [2.45, 2.75) is 71.0 Å². The van der Waals surface area contributed by atoms with Gasteiger partial charge >= 0.3 is 0 Å². The van der Waals surface area contributed by atoms with E-state index >= 15 is 0 Å². The lowest BCUT2D eigenvalue weighted by Gasteiger charge is -2.34. The Morgan fingerprint density at radius 1 is 0.844 bits per heavy atom. The quantitative estimate of drug-likeness (QED) is 0.242. The van der Waals surface area contributed by atoms with Crippen LogP contribution in [0.4, 0.5) is 5.69 Å². The van der Waals surface area contributed by atoms with Crippen LogP contribution in [-0.2, 0) is 26.2 Å². The molecule has 0 aliphatic rings. The van der Waals surface area contributed by atoms with Crippen LogP contribution in [0.1, 0.15) is 50.3 Å². The minimum Gasteiger partial charge on any atom is -0.497 e. The van der Waals surface area contributed by atoms with E-state index in [9.17, 15) is 18.0 Å². The van der Waals surface area contributed by atoms with Gasteiger partial charge in [0.1, 0.15) is 18.3 Å². The summed E-state index contributed by atoms with van der Waals surface area (Å²) in [4.78, 5) is 29.3. The minimum absolute atomic E-state index is 0.0690. The fourth-order valence-electron chi connectivity index (χ4n) is 5.06. The number of benzene rings is 3. The Morgan fingerprint density at radius 2 is 1.51 bits per heavy atom. The van der Waals surface area contributed by atoms with Gasteiger partial charge < -0.3 is 24.4 Å². The van der Waals surface area contributed by atoms with Crippen molar-refractivity contribution in [1.82, 2.24) is 10.2 Å². The predicted molar refractivity (Wildman–Crippen MR) is 176 cm³/mol. The second-order valence-corrected chi connectivity index (χ2v) is 12.9. The smallest absolute Gasteiger partial charge is 0.264 e. The molecule has 45 heavy (non-hydrogen) atoms. The van der Waals surface area contributed by atoms with Gasteiger partial charge in [0.25, 0.3) is 10.0 Å². The minimum atomic E-state index is -4.30. The van der Waals surface area contributed by atoms with Gasteiger partial charge in [0.2, 0.25) is 11.8 Å². The fourth-order valence-corrected chi connectivity index (χ4v) is 6.47. The molecule has 2 atom stereocenters. The highest BCUT2D eigenvalue weighted by Gasteiger charge is 2.34. The van der Waals surface area contributed by atoms with Crippen molar-refractivity contribution in [2.24, 2.45) is 0 Å². The molecule has 0 saturated heterocycles. The molecule has 0 fully saturated rings. The van der Waals surface area contributed by atoms with Gasteiger partial charge in [0.15, 0.2) is 11.5 Å². The number of rotatable bonds is 15. The molecule has 0 heterocycles. The first-order chi connectivity index (χ1) is 21.4. The average molecular weight is 640 g/mol. The second-order valence-electron chi connectivity index (χ2n) is 11.0. The molecule has 3 rings (SSSR count). The molecule has 10 nitrogen and oxygen atoms in total. The summed E-state index contributed by atoms with van der Waals surface area (Å²) in [5, 5.41) is 2.99. The highest BCUT2D eigenvalue weighted by molar-refractivity contribution is 7.92. The monoisotopic (exact) mass is 639 g/mol. The molecular formula is C34H45N3O7S. The van der Waals surface area contributed by atoms with Crippen molar-refractivity contribution < 1.29 is 32.2 Å². The second kappa shape index (κ2) is 15.7. The number of aryl methyl sites for hydroxylation is 2. The molecule has 2 unspecified atom stereocenters. The largest absolute Gasteiger partial charge is 0.497 e. The number of methoxy groups -OCH3 is 3. The lowest BCUT2D eigenvalue weighted by Crippen LogP contribution is -2.53. The van der Waals surface area contributed by atoms with E-state index in [0.717, 1.165) is 27.4 Å². The number of anilines is 1. The summed E-state index contributed by atoms with van der Waals surface area (Å²) in [6, 6.07) is 15.9. The molecule has 244 valence electrons. The molecule has 1 N–H and O–H groups in total. The Balaban J connectivity index is 2.15. The van der Waals surface area contributed by atoms with E-state index in [0.29, 0.717) is 23.6 Å². The van der Waals surface area contributed by atoms with Gasteiger partial charge in [0.05, 0.1) is 31.9 Å². The van der Waals surface area contributed by atoms with Crippen molar-refractivity contribution in [3.63, 3.8) is 0 Å². The van der Waals surface area contributed by atoms with E-state index in [1.165, 1.54) is 37.3 Å². The van der Waals surface area contributed by atoms with Gasteiger partial charge in [-0.25, -0.2) is 8.42 Å². The number of nitrogens with one attached hydrogen (secondary N) is 1. The number of hydrogen-bond donors (Lipinski definition) is 1. The van der Waals surface area contributed by atoms with Gasteiger partial charge in [-0.05, 0) is 86.7 Å². The first-order valence-electron chi connectivity index (χ1n) is 14.9. The molecule has 0 aromatic heterocycles. The number of amides is 2. The summed E-state index contributed by atoms with van der Waals surface area (Å²) in [6.07, 6.45) is 1.04. The third-order valence-electron chi connectivity index (χ3n) is 7.59. The first-order valence-corrected chi connectivity index (χ1v) is 16.4. The van der Waals surface area contributed by atoms with Crippen molar-refractivity contribution in [3.05, 3.63) is 77.4 Å². The normalized spacial score (nSPS) is 12.5. The molecule has 0 bridgehead atoms. The maximum absolute atomic E-state index is 14.4. The Morgan fingerprint density at radius 3 is 2.09 bits per heavy atom. The molecule has 3 aromatic rings. The van der Waals surface area contributed by atoms with Gasteiger partial charge in [-0.15, -0.1) is 0 Å². The lowest BCUT2D eigenvalue weighted by atomic mass is 10.1. The molecule has 0 spiro atoms. The van der Waals surface area contributed by atoms with Crippen LogP contribution in [0.5, 0.6) is 17.2 Å². The Bertz CT molecular complexity index is 1570. The van der Waals surface area contributed by atoms with Crippen LogP contribution >= 0.6 is 0 Å². The van der Waals surface area contributed by atoms with Crippen LogP contribution in [0.15, 0.2) is 65.6 Å². The number of carbonyl (C=O) groups is 2. The molecule has 11 heteroatoms. The van der Waals surface area contributed by atoms with E-state index in [1.54, 1.807) is 37.4 Å². The zero-order valence-electron chi connectivity index (χ0n) is 27.4. The third-order valence-corrected chi connectivity index (χ3v) is 9.36. The van der Waals surface area contributed by atoms with Crippen molar-refractivity contribution in [2.75, 3.05) is 32.2 Å². The summed E-state index contributed by atoms with van der Waals surface area (Å²) in [6.45, 7) is 8.94. The number of sulfonamides is 1. The topological polar surface area (TPSA) is 114 Å². The van der Waals surface area contributed by atoms with Gasteiger partial charge in [0, 0.05) is 18.7 Å². The van der Waals surface area contributed by atoms with Crippen molar-refractivity contribution >= 4 is 27.5 Å². The van der Waals surface area contributed by atoms with E-state index in [1.807, 2.05) is 46.8 Å². The van der Waals surface area contributed by atoms with E-state index in [-0.39, 0.29) is 29.1 Å². The third kappa shape index (κ3) is 8.69. The Hall–Kier alpha value is -4.25. The van der Waals surface area contributed by atoms with Crippen LogP contribution in [0.2, 0.25) is 0 Å². The lowest BCUT2D eigenvalue weighted by molar-refractivity contribution is -0.140. The van der Waals surface area contributed by atoms with Crippen molar-refractivity contribution in [3.8, 4) is 17.2 Å².